The van der Waals surface area contributed by atoms with Gasteiger partial charge in [0.25, 0.3) is 0 Å². The topological polar surface area (TPSA) is 91.5 Å². The second-order valence-electron chi connectivity index (χ2n) is 8.07. The molecule has 2 N–H and O–H groups in total. The summed E-state index contributed by atoms with van der Waals surface area (Å²) in [5.41, 5.74) is 8.20. The van der Waals surface area contributed by atoms with E-state index in [1.807, 2.05) is 30.3 Å². The van der Waals surface area contributed by atoms with Crippen molar-refractivity contribution in [2.75, 3.05) is 0 Å². The number of carbonyl (C=O) groups excluding carboxylic acids is 2. The number of nitrogens with one attached hydrogen (secondary N) is 2. The third-order valence-electron chi connectivity index (χ3n) is 5.72. The molecule has 0 saturated carbocycles. The molecule has 0 saturated heterocycles. The van der Waals surface area contributed by atoms with Crippen LogP contribution < -0.4 is 0 Å². The van der Waals surface area contributed by atoms with Gasteiger partial charge < -0.3 is 9.97 Å². The average molecular weight is 477 g/mol. The Bertz CT molecular complexity index is 1410. The van der Waals surface area contributed by atoms with E-state index in [0.717, 1.165) is 75.0 Å². The minimum Gasteiger partial charge on any atom is -0.355 e. The van der Waals surface area contributed by atoms with E-state index in [9.17, 15) is 9.59 Å². The lowest BCUT2D eigenvalue weighted by molar-refractivity contribution is 0.101. The Hall–Kier alpha value is -3.06. The molecule has 156 valence electrons. The van der Waals surface area contributed by atoms with Gasteiger partial charge in [-0.2, -0.15) is 0 Å². The van der Waals surface area contributed by atoms with Crippen LogP contribution in [0.2, 0.25) is 0 Å². The second kappa shape index (κ2) is 7.57. The number of ketones is 2. The predicted molar refractivity (Wildman–Crippen MR) is 124 cm³/mol. The van der Waals surface area contributed by atoms with Crippen molar-refractivity contribution in [2.45, 2.75) is 39.5 Å². The Morgan fingerprint density at radius 3 is 2.06 bits per heavy atom. The third-order valence-corrected chi connectivity index (χ3v) is 6.57. The molecule has 2 aliphatic heterocycles. The normalized spacial score (nSPS) is 13.4. The van der Waals surface area contributed by atoms with Gasteiger partial charge >= 0.3 is 0 Å². The average Bonchev–Trinajstić information content (AvgIpc) is 3.48. The van der Waals surface area contributed by atoms with Crippen LogP contribution in [0, 0.1) is 0 Å². The van der Waals surface area contributed by atoms with Crippen molar-refractivity contribution in [3.05, 3.63) is 68.7 Å². The number of Topliss-reactive ketones (excluding diaryl/α,β-unsaturated/α-hetero) is 2. The van der Waals surface area contributed by atoms with E-state index in [1.54, 1.807) is 13.8 Å². The first-order chi connectivity index (χ1) is 14.9. The number of carbonyl (C=O) groups is 2. The molecule has 0 fully saturated rings. The number of H-pyrrole nitrogens is 2. The van der Waals surface area contributed by atoms with E-state index in [1.165, 1.54) is 0 Å². The van der Waals surface area contributed by atoms with Crippen molar-refractivity contribution in [3.8, 4) is 0 Å². The van der Waals surface area contributed by atoms with E-state index < -0.39 is 0 Å². The molecule has 31 heavy (non-hydrogen) atoms. The minimum atomic E-state index is -0.000519. The summed E-state index contributed by atoms with van der Waals surface area (Å²) < 4.78 is 0.804. The molecule has 3 aromatic heterocycles. The molecular formula is C24H21BrN4O2. The number of aromatic nitrogens is 4. The summed E-state index contributed by atoms with van der Waals surface area (Å²) in [7, 11) is 0. The van der Waals surface area contributed by atoms with Crippen LogP contribution >= 0.6 is 15.9 Å². The number of hydrogen-bond donors (Lipinski definition) is 2. The Balaban J connectivity index is 1.89. The van der Waals surface area contributed by atoms with Crippen molar-refractivity contribution in [1.29, 1.82) is 0 Å². The fourth-order valence-corrected chi connectivity index (χ4v) is 4.80. The smallest absolute Gasteiger partial charge is 0.162 e. The number of aryl methyl sites for hydroxylation is 4. The first-order valence-corrected chi connectivity index (χ1v) is 11.1. The number of nitrogens with zero attached hydrogens (tertiary/aromatic N) is 2. The molecule has 5 heterocycles. The number of hydrogen-bond acceptors (Lipinski definition) is 4. The van der Waals surface area contributed by atoms with Crippen LogP contribution in [0.4, 0.5) is 0 Å². The summed E-state index contributed by atoms with van der Waals surface area (Å²) in [4.78, 5) is 40.7. The zero-order valence-corrected chi connectivity index (χ0v) is 18.9. The maximum Gasteiger partial charge on any atom is 0.162 e. The zero-order valence-electron chi connectivity index (χ0n) is 17.3. The Kier molecular flexibility index (Phi) is 4.85. The molecule has 0 atom stereocenters. The van der Waals surface area contributed by atoms with Crippen molar-refractivity contribution < 1.29 is 9.59 Å². The van der Waals surface area contributed by atoms with Crippen LogP contribution in [0.1, 0.15) is 57.3 Å². The first-order valence-electron chi connectivity index (χ1n) is 10.3. The fraction of sp³-hybridized carbons (Fsp3) is 0.250. The largest absolute Gasteiger partial charge is 0.355 e. The molecule has 5 rings (SSSR count). The van der Waals surface area contributed by atoms with E-state index in [0.29, 0.717) is 11.1 Å². The highest BCUT2D eigenvalue weighted by atomic mass is 79.9. The highest BCUT2D eigenvalue weighted by Crippen LogP contribution is 2.28. The fourth-order valence-electron chi connectivity index (χ4n) is 4.21. The molecular weight excluding hydrogens is 456 g/mol. The molecule has 0 aliphatic carbocycles. The van der Waals surface area contributed by atoms with Gasteiger partial charge in [0.05, 0.1) is 21.2 Å². The lowest BCUT2D eigenvalue weighted by Crippen LogP contribution is -1.91. The quantitative estimate of drug-likeness (QED) is 0.506. The maximum atomic E-state index is 12.3. The Morgan fingerprint density at radius 2 is 1.35 bits per heavy atom. The molecule has 0 unspecified atom stereocenters. The Labute approximate surface area is 187 Å². The lowest BCUT2D eigenvalue weighted by atomic mass is 10.1. The summed E-state index contributed by atoms with van der Waals surface area (Å²) in [5, 5.41) is 0. The summed E-state index contributed by atoms with van der Waals surface area (Å²) in [6.45, 7) is 3.15. The summed E-state index contributed by atoms with van der Waals surface area (Å²) in [6, 6.07) is 9.68. The highest BCUT2D eigenvalue weighted by Gasteiger charge is 2.16. The summed E-state index contributed by atoms with van der Waals surface area (Å²) in [6.07, 6.45) is 3.17. The van der Waals surface area contributed by atoms with Gasteiger partial charge in [0.1, 0.15) is 0 Å². The van der Waals surface area contributed by atoms with Gasteiger partial charge in [-0.3, -0.25) is 19.6 Å². The lowest BCUT2D eigenvalue weighted by Gasteiger charge is -1.96. The molecule has 0 radical (unpaired) electrons. The van der Waals surface area contributed by atoms with Crippen LogP contribution in [0.3, 0.4) is 0 Å². The number of fused-ring (bicyclic) bond motifs is 8. The molecule has 6 nitrogen and oxygen atoms in total. The standard InChI is InChI=1S/C24H21BrN4O2/c1-12(30)19-9-17-8-15-5-6-21(27-15)23(25)24-20(13(2)31)10-18(29-24)7-14-3-4-16(26-14)11-22(19)28-17/h7-11,28-29H,3-6H2,1-2H3. The van der Waals surface area contributed by atoms with Gasteiger partial charge in [-0.15, -0.1) is 0 Å². The molecule has 0 aromatic carbocycles. The molecule has 7 heteroatoms. The van der Waals surface area contributed by atoms with Crippen LogP contribution in [0.25, 0.3) is 22.1 Å². The van der Waals surface area contributed by atoms with Crippen molar-refractivity contribution in [3.63, 3.8) is 0 Å². The maximum absolute atomic E-state index is 12.3. The third kappa shape index (κ3) is 3.74. The van der Waals surface area contributed by atoms with Gasteiger partial charge in [-0.1, -0.05) is 0 Å². The van der Waals surface area contributed by atoms with Gasteiger partial charge in [0, 0.05) is 39.2 Å². The minimum absolute atomic E-state index is 0.000519. The molecule has 2 aliphatic rings. The van der Waals surface area contributed by atoms with Gasteiger partial charge in [-0.25, -0.2) is 0 Å². The van der Waals surface area contributed by atoms with Crippen molar-refractivity contribution in [2.24, 2.45) is 0 Å². The monoisotopic (exact) mass is 476 g/mol. The summed E-state index contributed by atoms with van der Waals surface area (Å²) in [5.74, 6) is 0.0147. The highest BCUT2D eigenvalue weighted by molar-refractivity contribution is 9.10. The van der Waals surface area contributed by atoms with Crippen LogP contribution in [0.15, 0.2) is 34.8 Å². The van der Waals surface area contributed by atoms with E-state index in [4.69, 9.17) is 9.97 Å². The van der Waals surface area contributed by atoms with Gasteiger partial charge in [-0.05, 0) is 85.8 Å². The van der Waals surface area contributed by atoms with Gasteiger partial charge in [0.15, 0.2) is 11.6 Å². The van der Waals surface area contributed by atoms with Crippen LogP contribution in [-0.2, 0) is 25.7 Å². The van der Waals surface area contributed by atoms with Crippen molar-refractivity contribution >= 4 is 49.6 Å². The number of rotatable bonds is 2. The summed E-state index contributed by atoms with van der Waals surface area (Å²) >= 11 is 3.68. The van der Waals surface area contributed by atoms with Crippen LogP contribution in [0.5, 0.6) is 0 Å². The van der Waals surface area contributed by atoms with E-state index in [-0.39, 0.29) is 11.6 Å². The van der Waals surface area contributed by atoms with Crippen molar-refractivity contribution in [1.82, 2.24) is 19.9 Å². The van der Waals surface area contributed by atoms with Gasteiger partial charge in [0.2, 0.25) is 0 Å². The molecule has 0 amide bonds. The Morgan fingerprint density at radius 1 is 0.774 bits per heavy atom. The van der Waals surface area contributed by atoms with E-state index >= 15 is 0 Å². The van der Waals surface area contributed by atoms with E-state index in [2.05, 4.69) is 25.9 Å². The molecule has 8 bridgehead atoms. The second-order valence-corrected chi connectivity index (χ2v) is 8.86. The predicted octanol–water partition coefficient (Wildman–Crippen LogP) is 5.05. The number of halogens is 1. The molecule has 0 spiro atoms. The zero-order chi connectivity index (χ0) is 21.7. The SMILES string of the molecule is CC(=O)c1cc2cc3nc(c(Br)c4[nH]c(cc5nc(cc1[nH]2)CC5)cc4C(C)=O)CC3. The number of aromatic amines is 2. The molecule has 3 aromatic rings. The van der Waals surface area contributed by atoms with Crippen LogP contribution in [-0.4, -0.2) is 31.5 Å². The first kappa shape index (κ1) is 19.9.